The van der Waals surface area contributed by atoms with Crippen LogP contribution in [0.1, 0.15) is 24.4 Å². The van der Waals surface area contributed by atoms with Crippen molar-refractivity contribution < 1.29 is 14.3 Å². The molecule has 1 aromatic rings. The van der Waals surface area contributed by atoms with Gasteiger partial charge in [0.25, 0.3) is 0 Å². The molecule has 1 amide bonds. The van der Waals surface area contributed by atoms with E-state index in [1.807, 2.05) is 4.90 Å². The number of amides is 1. The van der Waals surface area contributed by atoms with Crippen LogP contribution in [0.5, 0.6) is 0 Å². The first-order valence-electron chi connectivity index (χ1n) is 6.21. The molecule has 1 unspecified atom stereocenters. The van der Waals surface area contributed by atoms with Gasteiger partial charge in [-0.15, -0.1) is 0 Å². The Hall–Kier alpha value is -0.910. The molecule has 1 aliphatic rings. The molecule has 1 saturated heterocycles. The summed E-state index contributed by atoms with van der Waals surface area (Å²) in [6, 6.07) is 2.35. The molecule has 0 spiro atoms. The second-order valence-electron chi connectivity index (χ2n) is 4.35. The third-order valence-electron chi connectivity index (χ3n) is 3.16. The number of carbonyl (C=O) groups excluding carboxylic acids is 1. The summed E-state index contributed by atoms with van der Waals surface area (Å²) in [5.41, 5.74) is 1.25. The summed E-state index contributed by atoms with van der Waals surface area (Å²) in [4.78, 5) is 14.0. The number of rotatable bonds is 6. The maximum Gasteiger partial charge on any atom is 0.249 e. The lowest BCUT2D eigenvalue weighted by Gasteiger charge is -2.24. The Morgan fingerprint density at radius 1 is 1.56 bits per heavy atom. The van der Waals surface area contributed by atoms with Crippen molar-refractivity contribution in [2.45, 2.75) is 18.9 Å². The average Bonchev–Trinajstić information content (AvgIpc) is 3.02. The van der Waals surface area contributed by atoms with Crippen molar-refractivity contribution in [3.63, 3.8) is 0 Å². The molecule has 0 N–H and O–H groups in total. The average molecular weight is 269 g/mol. The summed E-state index contributed by atoms with van der Waals surface area (Å²) in [6.07, 6.45) is 2.13. The van der Waals surface area contributed by atoms with Gasteiger partial charge in [0, 0.05) is 13.7 Å². The van der Waals surface area contributed by atoms with Gasteiger partial charge in [-0.2, -0.15) is 11.3 Å². The molecule has 4 nitrogen and oxygen atoms in total. The smallest absolute Gasteiger partial charge is 0.249 e. The zero-order valence-corrected chi connectivity index (χ0v) is 11.4. The Morgan fingerprint density at radius 3 is 3.17 bits per heavy atom. The van der Waals surface area contributed by atoms with Crippen molar-refractivity contribution in [2.24, 2.45) is 0 Å². The minimum absolute atomic E-state index is 0.0832. The molecule has 1 fully saturated rings. The predicted octanol–water partition coefficient (Wildman–Crippen LogP) is 2.07. The van der Waals surface area contributed by atoms with E-state index in [1.54, 1.807) is 18.4 Å². The van der Waals surface area contributed by atoms with Gasteiger partial charge in [-0.1, -0.05) is 0 Å². The van der Waals surface area contributed by atoms with Crippen molar-refractivity contribution >= 4 is 17.2 Å². The third-order valence-corrected chi connectivity index (χ3v) is 3.86. The Labute approximate surface area is 111 Å². The fourth-order valence-electron chi connectivity index (χ4n) is 2.26. The van der Waals surface area contributed by atoms with Gasteiger partial charge in [-0.25, -0.2) is 0 Å². The molecule has 2 rings (SSSR count). The van der Waals surface area contributed by atoms with Crippen LogP contribution >= 0.6 is 11.3 Å². The summed E-state index contributed by atoms with van der Waals surface area (Å²) < 4.78 is 10.2. The Kier molecular flexibility index (Phi) is 5.16. The predicted molar refractivity (Wildman–Crippen MR) is 70.7 cm³/mol. The molecule has 1 aromatic heterocycles. The van der Waals surface area contributed by atoms with Crippen molar-refractivity contribution in [3.8, 4) is 0 Å². The summed E-state index contributed by atoms with van der Waals surface area (Å²) in [5, 5.41) is 4.19. The summed E-state index contributed by atoms with van der Waals surface area (Å²) in [6.45, 7) is 2.00. The minimum atomic E-state index is 0.0832. The monoisotopic (exact) mass is 269 g/mol. The third kappa shape index (κ3) is 3.31. The van der Waals surface area contributed by atoms with Crippen LogP contribution in [0.2, 0.25) is 0 Å². The van der Waals surface area contributed by atoms with E-state index in [0.29, 0.717) is 13.2 Å². The SMILES string of the molecule is COCCOCC(=O)N1CCCC1c1ccsc1. The first-order chi connectivity index (χ1) is 8.83. The normalized spacial score (nSPS) is 19.4. The van der Waals surface area contributed by atoms with Gasteiger partial charge in [0.1, 0.15) is 6.61 Å². The van der Waals surface area contributed by atoms with E-state index >= 15 is 0 Å². The van der Waals surface area contributed by atoms with E-state index in [1.165, 1.54) is 5.56 Å². The van der Waals surface area contributed by atoms with Crippen LogP contribution in [0, 0.1) is 0 Å². The maximum absolute atomic E-state index is 12.1. The van der Waals surface area contributed by atoms with Crippen LogP contribution in [-0.4, -0.2) is 44.3 Å². The lowest BCUT2D eigenvalue weighted by molar-refractivity contribution is -0.137. The van der Waals surface area contributed by atoms with Crippen molar-refractivity contribution in [2.75, 3.05) is 33.5 Å². The summed E-state index contributed by atoms with van der Waals surface area (Å²) >= 11 is 1.68. The number of ether oxygens (including phenoxy) is 2. The number of carbonyl (C=O) groups is 1. The number of hydrogen-bond acceptors (Lipinski definition) is 4. The van der Waals surface area contributed by atoms with Crippen LogP contribution in [-0.2, 0) is 14.3 Å². The van der Waals surface area contributed by atoms with Crippen molar-refractivity contribution in [1.29, 1.82) is 0 Å². The number of hydrogen-bond donors (Lipinski definition) is 0. The minimum Gasteiger partial charge on any atom is -0.382 e. The van der Waals surface area contributed by atoms with E-state index < -0.39 is 0 Å². The van der Waals surface area contributed by atoms with Crippen LogP contribution in [0.3, 0.4) is 0 Å². The number of methoxy groups -OCH3 is 1. The molecule has 0 saturated carbocycles. The highest BCUT2D eigenvalue weighted by atomic mass is 32.1. The second kappa shape index (κ2) is 6.87. The van der Waals surface area contributed by atoms with E-state index in [2.05, 4.69) is 16.8 Å². The quantitative estimate of drug-likeness (QED) is 0.742. The molecule has 0 radical (unpaired) electrons. The van der Waals surface area contributed by atoms with Gasteiger partial charge < -0.3 is 14.4 Å². The van der Waals surface area contributed by atoms with E-state index in [4.69, 9.17) is 9.47 Å². The van der Waals surface area contributed by atoms with E-state index in [-0.39, 0.29) is 18.6 Å². The lowest BCUT2D eigenvalue weighted by Crippen LogP contribution is -2.33. The van der Waals surface area contributed by atoms with Gasteiger partial charge in [-0.05, 0) is 35.2 Å². The molecular formula is C13H19NO3S. The second-order valence-corrected chi connectivity index (χ2v) is 5.13. The fourth-order valence-corrected chi connectivity index (χ4v) is 2.97. The molecule has 0 aliphatic carbocycles. The molecule has 100 valence electrons. The topological polar surface area (TPSA) is 38.8 Å². The summed E-state index contributed by atoms with van der Waals surface area (Å²) in [5.74, 6) is 0.0832. The molecular weight excluding hydrogens is 250 g/mol. The van der Waals surface area contributed by atoms with E-state index in [9.17, 15) is 4.79 Å². The van der Waals surface area contributed by atoms with E-state index in [0.717, 1.165) is 19.4 Å². The molecule has 0 aromatic carbocycles. The van der Waals surface area contributed by atoms with Crippen molar-refractivity contribution in [3.05, 3.63) is 22.4 Å². The molecule has 5 heteroatoms. The van der Waals surface area contributed by atoms with Gasteiger partial charge in [0.05, 0.1) is 19.3 Å². The zero-order chi connectivity index (χ0) is 12.8. The summed E-state index contributed by atoms with van der Waals surface area (Å²) in [7, 11) is 1.62. The fraction of sp³-hybridized carbons (Fsp3) is 0.615. The Balaban J connectivity index is 1.85. The van der Waals surface area contributed by atoms with Gasteiger partial charge in [0.15, 0.2) is 0 Å². The first kappa shape index (κ1) is 13.5. The zero-order valence-electron chi connectivity index (χ0n) is 10.6. The maximum atomic E-state index is 12.1. The standard InChI is InChI=1S/C13H19NO3S/c1-16-6-7-17-9-13(15)14-5-2-3-12(14)11-4-8-18-10-11/h4,8,10,12H,2-3,5-7,9H2,1H3. The van der Waals surface area contributed by atoms with Crippen molar-refractivity contribution in [1.82, 2.24) is 4.90 Å². The number of likely N-dealkylation sites (tertiary alicyclic amines) is 1. The van der Waals surface area contributed by atoms with Gasteiger partial charge in [0.2, 0.25) is 5.91 Å². The number of nitrogens with zero attached hydrogens (tertiary/aromatic N) is 1. The lowest BCUT2D eigenvalue weighted by atomic mass is 10.1. The molecule has 1 aliphatic heterocycles. The first-order valence-corrected chi connectivity index (χ1v) is 7.15. The Bertz CT molecular complexity index is 366. The van der Waals surface area contributed by atoms with Crippen LogP contribution in [0.4, 0.5) is 0 Å². The highest BCUT2D eigenvalue weighted by Crippen LogP contribution is 2.32. The molecule has 18 heavy (non-hydrogen) atoms. The molecule has 1 atom stereocenters. The molecule has 2 heterocycles. The number of thiophene rings is 1. The Morgan fingerprint density at radius 2 is 2.44 bits per heavy atom. The molecule has 0 bridgehead atoms. The van der Waals surface area contributed by atoms with Crippen LogP contribution in [0.15, 0.2) is 16.8 Å². The largest absolute Gasteiger partial charge is 0.382 e. The highest BCUT2D eigenvalue weighted by molar-refractivity contribution is 7.07. The highest BCUT2D eigenvalue weighted by Gasteiger charge is 2.29. The van der Waals surface area contributed by atoms with Crippen LogP contribution < -0.4 is 0 Å². The van der Waals surface area contributed by atoms with Gasteiger partial charge in [-0.3, -0.25) is 4.79 Å². The van der Waals surface area contributed by atoms with Gasteiger partial charge >= 0.3 is 0 Å². The van der Waals surface area contributed by atoms with Crippen LogP contribution in [0.25, 0.3) is 0 Å².